The Morgan fingerprint density at radius 3 is 2.53 bits per heavy atom. The molecule has 0 heterocycles. The number of amides is 1. The van der Waals surface area contributed by atoms with Crippen LogP contribution in [-0.4, -0.2) is 24.2 Å². The van der Waals surface area contributed by atoms with E-state index in [0.717, 1.165) is 19.3 Å². The van der Waals surface area contributed by atoms with Crippen LogP contribution in [0, 0.1) is 0 Å². The third-order valence-corrected chi connectivity index (χ3v) is 2.32. The maximum Gasteiger partial charge on any atom is 0.243 e. The molecule has 0 aliphatic carbocycles. The first-order valence-corrected chi connectivity index (χ1v) is 6.51. The van der Waals surface area contributed by atoms with Crippen LogP contribution in [0.15, 0.2) is 24.3 Å². The number of aliphatic hydroxyl groups excluding tert-OH is 1. The maximum atomic E-state index is 11.1. The Hall–Kier alpha value is -1.09. The van der Waals surface area contributed by atoms with E-state index in [2.05, 4.69) is 24.4 Å². The minimum atomic E-state index is -0.133. The molecule has 0 saturated heterocycles. The van der Waals surface area contributed by atoms with Gasteiger partial charge in [0.1, 0.15) is 0 Å². The standard InChI is InChI=1S/C14H25NO2/c1-2-3-4-5-6-7-8-9-10-11-14(17)15-12-13-16/h6-7,10-11,16H,2-5,8-9,12-13H2,1H3,(H,15,17)/b7-6+,11-10+. The first-order chi connectivity index (χ1) is 8.31. The Kier molecular flexibility index (Phi) is 12.1. The molecule has 0 aromatic rings. The van der Waals surface area contributed by atoms with Gasteiger partial charge >= 0.3 is 0 Å². The topological polar surface area (TPSA) is 49.3 Å². The van der Waals surface area contributed by atoms with Crippen LogP contribution in [0.4, 0.5) is 0 Å². The maximum absolute atomic E-state index is 11.1. The molecule has 3 nitrogen and oxygen atoms in total. The number of unbranched alkanes of at least 4 members (excludes halogenated alkanes) is 4. The van der Waals surface area contributed by atoms with Crippen molar-refractivity contribution in [3.63, 3.8) is 0 Å². The van der Waals surface area contributed by atoms with Crippen molar-refractivity contribution in [3.05, 3.63) is 24.3 Å². The van der Waals surface area contributed by atoms with Crippen LogP contribution in [0.1, 0.15) is 45.4 Å². The van der Waals surface area contributed by atoms with Crippen LogP contribution in [-0.2, 0) is 4.79 Å². The minimum Gasteiger partial charge on any atom is -0.395 e. The lowest BCUT2D eigenvalue weighted by Gasteiger charge is -1.96. The van der Waals surface area contributed by atoms with Crippen LogP contribution >= 0.6 is 0 Å². The van der Waals surface area contributed by atoms with Gasteiger partial charge in [0.25, 0.3) is 0 Å². The van der Waals surface area contributed by atoms with E-state index in [1.54, 1.807) is 0 Å². The second-order valence-electron chi connectivity index (χ2n) is 3.96. The number of carbonyl (C=O) groups is 1. The number of hydrogen-bond donors (Lipinski definition) is 2. The number of hydrogen-bond acceptors (Lipinski definition) is 2. The van der Waals surface area contributed by atoms with Crippen molar-refractivity contribution in [1.29, 1.82) is 0 Å². The molecule has 0 aromatic heterocycles. The van der Waals surface area contributed by atoms with Crippen molar-refractivity contribution < 1.29 is 9.90 Å². The third kappa shape index (κ3) is 12.8. The molecule has 0 aliphatic rings. The predicted molar refractivity (Wildman–Crippen MR) is 71.8 cm³/mol. The molecule has 17 heavy (non-hydrogen) atoms. The zero-order valence-electron chi connectivity index (χ0n) is 10.8. The average Bonchev–Trinajstić information content (AvgIpc) is 2.34. The first-order valence-electron chi connectivity index (χ1n) is 6.51. The Morgan fingerprint density at radius 1 is 1.12 bits per heavy atom. The number of rotatable bonds is 10. The summed E-state index contributed by atoms with van der Waals surface area (Å²) in [4.78, 5) is 11.1. The van der Waals surface area contributed by atoms with E-state index in [4.69, 9.17) is 5.11 Å². The lowest BCUT2D eigenvalue weighted by Crippen LogP contribution is -2.24. The largest absolute Gasteiger partial charge is 0.395 e. The van der Waals surface area contributed by atoms with Crippen LogP contribution in [0.25, 0.3) is 0 Å². The highest BCUT2D eigenvalue weighted by Gasteiger charge is 1.90. The fourth-order valence-corrected chi connectivity index (χ4v) is 1.37. The normalized spacial score (nSPS) is 11.4. The molecule has 0 atom stereocenters. The summed E-state index contributed by atoms with van der Waals surface area (Å²) < 4.78 is 0. The number of allylic oxidation sites excluding steroid dienone is 3. The summed E-state index contributed by atoms with van der Waals surface area (Å²) in [5.74, 6) is -0.133. The molecule has 0 bridgehead atoms. The van der Waals surface area contributed by atoms with E-state index in [0.29, 0.717) is 6.54 Å². The highest BCUT2D eigenvalue weighted by molar-refractivity contribution is 5.87. The molecule has 2 N–H and O–H groups in total. The van der Waals surface area contributed by atoms with Crippen LogP contribution in [0.2, 0.25) is 0 Å². The average molecular weight is 239 g/mol. The van der Waals surface area contributed by atoms with Gasteiger partial charge in [0.2, 0.25) is 5.91 Å². The Bertz CT molecular complexity index is 234. The molecule has 0 rings (SSSR count). The fourth-order valence-electron chi connectivity index (χ4n) is 1.37. The molecule has 0 spiro atoms. The molecule has 0 aliphatic heterocycles. The number of nitrogens with one attached hydrogen (secondary N) is 1. The van der Waals surface area contributed by atoms with Gasteiger partial charge < -0.3 is 10.4 Å². The Balaban J connectivity index is 3.37. The van der Waals surface area contributed by atoms with Gasteiger partial charge in [-0.15, -0.1) is 0 Å². The summed E-state index contributed by atoms with van der Waals surface area (Å²) in [5.41, 5.74) is 0. The molecule has 98 valence electrons. The molecule has 1 amide bonds. The Morgan fingerprint density at radius 2 is 1.82 bits per heavy atom. The lowest BCUT2D eigenvalue weighted by molar-refractivity contribution is -0.116. The second kappa shape index (κ2) is 13.0. The molecule has 3 heteroatoms. The van der Waals surface area contributed by atoms with Gasteiger partial charge in [-0.3, -0.25) is 4.79 Å². The third-order valence-electron chi connectivity index (χ3n) is 2.32. The van der Waals surface area contributed by atoms with E-state index in [-0.39, 0.29) is 12.5 Å². The van der Waals surface area contributed by atoms with E-state index < -0.39 is 0 Å². The van der Waals surface area contributed by atoms with E-state index in [1.807, 2.05) is 6.08 Å². The zero-order chi connectivity index (χ0) is 12.8. The van der Waals surface area contributed by atoms with Crippen molar-refractivity contribution >= 4 is 5.91 Å². The smallest absolute Gasteiger partial charge is 0.243 e. The second-order valence-corrected chi connectivity index (χ2v) is 3.96. The molecular formula is C14H25NO2. The quantitative estimate of drug-likeness (QED) is 0.350. The first kappa shape index (κ1) is 15.9. The molecule has 0 fully saturated rings. The number of carbonyl (C=O) groups excluding carboxylic acids is 1. The van der Waals surface area contributed by atoms with Gasteiger partial charge in [-0.05, 0) is 31.8 Å². The lowest BCUT2D eigenvalue weighted by atomic mass is 10.2. The zero-order valence-corrected chi connectivity index (χ0v) is 10.8. The van der Waals surface area contributed by atoms with Gasteiger partial charge in [-0.25, -0.2) is 0 Å². The molecule has 0 aromatic carbocycles. The minimum absolute atomic E-state index is 0.0138. The molecule has 0 unspecified atom stereocenters. The summed E-state index contributed by atoms with van der Waals surface area (Å²) in [6.45, 7) is 2.51. The summed E-state index contributed by atoms with van der Waals surface area (Å²) in [6.07, 6.45) is 14.6. The van der Waals surface area contributed by atoms with Crippen molar-refractivity contribution in [1.82, 2.24) is 5.32 Å². The van der Waals surface area contributed by atoms with E-state index >= 15 is 0 Å². The van der Waals surface area contributed by atoms with Crippen LogP contribution < -0.4 is 5.32 Å². The number of aliphatic hydroxyl groups is 1. The molecule has 0 saturated carbocycles. The molecule has 0 radical (unpaired) electrons. The predicted octanol–water partition coefficient (Wildman–Crippen LogP) is 2.57. The molecular weight excluding hydrogens is 214 g/mol. The van der Waals surface area contributed by atoms with Gasteiger partial charge in [0, 0.05) is 6.54 Å². The van der Waals surface area contributed by atoms with Crippen LogP contribution in [0.3, 0.4) is 0 Å². The van der Waals surface area contributed by atoms with Crippen molar-refractivity contribution in [2.24, 2.45) is 0 Å². The highest BCUT2D eigenvalue weighted by atomic mass is 16.3. The summed E-state index contributed by atoms with van der Waals surface area (Å²) in [6, 6.07) is 0. The summed E-state index contributed by atoms with van der Waals surface area (Å²) in [7, 11) is 0. The van der Waals surface area contributed by atoms with Gasteiger partial charge in [-0.1, -0.05) is 38.0 Å². The summed E-state index contributed by atoms with van der Waals surface area (Å²) in [5, 5.41) is 11.1. The van der Waals surface area contributed by atoms with Crippen molar-refractivity contribution in [3.8, 4) is 0 Å². The van der Waals surface area contributed by atoms with Crippen molar-refractivity contribution in [2.45, 2.75) is 45.4 Å². The fraction of sp³-hybridized carbons (Fsp3) is 0.643. The highest BCUT2D eigenvalue weighted by Crippen LogP contribution is 2.01. The Labute approximate surface area is 105 Å². The van der Waals surface area contributed by atoms with Gasteiger partial charge in [0.15, 0.2) is 0 Å². The van der Waals surface area contributed by atoms with Gasteiger partial charge in [-0.2, -0.15) is 0 Å². The van der Waals surface area contributed by atoms with Crippen LogP contribution in [0.5, 0.6) is 0 Å². The van der Waals surface area contributed by atoms with Crippen molar-refractivity contribution in [2.75, 3.05) is 13.2 Å². The monoisotopic (exact) mass is 239 g/mol. The van der Waals surface area contributed by atoms with Gasteiger partial charge in [0.05, 0.1) is 6.61 Å². The van der Waals surface area contributed by atoms with E-state index in [1.165, 1.54) is 25.3 Å². The van der Waals surface area contributed by atoms with E-state index in [9.17, 15) is 4.79 Å². The summed E-state index contributed by atoms with van der Waals surface area (Å²) >= 11 is 0. The SMILES string of the molecule is CCCCC/C=C/CC/C=C/C(=O)NCCO.